The van der Waals surface area contributed by atoms with Crippen LogP contribution in [0.1, 0.15) is 23.2 Å². The summed E-state index contributed by atoms with van der Waals surface area (Å²) in [5, 5.41) is 9.41. The lowest BCUT2D eigenvalue weighted by Gasteiger charge is -2.31. The minimum absolute atomic E-state index is 0.204. The van der Waals surface area contributed by atoms with Crippen LogP contribution < -0.4 is 4.90 Å². The van der Waals surface area contributed by atoms with E-state index >= 15 is 0 Å². The van der Waals surface area contributed by atoms with Crippen molar-refractivity contribution in [3.05, 3.63) is 29.6 Å². The van der Waals surface area contributed by atoms with Crippen LogP contribution in [0.4, 0.5) is 10.1 Å². The topological polar surface area (TPSA) is 49.8 Å². The first kappa shape index (κ1) is 12.8. The maximum atomic E-state index is 13.9. The van der Waals surface area contributed by atoms with Crippen LogP contribution in [0.2, 0.25) is 0 Å². The Hall–Kier alpha value is -1.62. The van der Waals surface area contributed by atoms with Gasteiger partial charge in [-0.15, -0.1) is 0 Å². The molecule has 0 spiro atoms. The molecule has 0 atom stereocenters. The molecule has 1 aromatic rings. The average Bonchev–Trinajstić information content (AvgIpc) is 2.39. The van der Waals surface area contributed by atoms with Gasteiger partial charge >= 0.3 is 5.97 Å². The van der Waals surface area contributed by atoms with Crippen molar-refractivity contribution in [2.45, 2.75) is 18.9 Å². The van der Waals surface area contributed by atoms with Gasteiger partial charge in [-0.3, -0.25) is 0 Å². The largest absolute Gasteiger partial charge is 0.465 e. The third kappa shape index (κ3) is 2.61. The number of hydrogen-bond donors (Lipinski definition) is 1. The molecule has 0 saturated carbocycles. The Labute approximate surface area is 105 Å². The summed E-state index contributed by atoms with van der Waals surface area (Å²) in [4.78, 5) is 13.1. The Morgan fingerprint density at radius 2 is 2.11 bits per heavy atom. The molecule has 0 radical (unpaired) electrons. The average molecular weight is 253 g/mol. The van der Waals surface area contributed by atoms with Gasteiger partial charge < -0.3 is 14.7 Å². The molecule has 0 bridgehead atoms. The minimum atomic E-state index is -0.547. The Kier molecular flexibility index (Phi) is 3.81. The highest BCUT2D eigenvalue weighted by Crippen LogP contribution is 2.24. The number of carbonyl (C=O) groups excluding carboxylic acids is 1. The van der Waals surface area contributed by atoms with Crippen LogP contribution in [-0.2, 0) is 4.74 Å². The van der Waals surface area contributed by atoms with E-state index in [1.54, 1.807) is 12.1 Å². The van der Waals surface area contributed by atoms with Crippen molar-refractivity contribution in [2.24, 2.45) is 0 Å². The van der Waals surface area contributed by atoms with E-state index in [2.05, 4.69) is 4.74 Å². The number of methoxy groups -OCH3 is 1. The van der Waals surface area contributed by atoms with Crippen LogP contribution in [0.3, 0.4) is 0 Å². The number of anilines is 1. The number of aliphatic hydroxyl groups excluding tert-OH is 1. The van der Waals surface area contributed by atoms with E-state index in [4.69, 9.17) is 0 Å². The van der Waals surface area contributed by atoms with Crippen LogP contribution in [0.15, 0.2) is 18.2 Å². The van der Waals surface area contributed by atoms with Crippen LogP contribution in [0.25, 0.3) is 0 Å². The second-order valence-electron chi connectivity index (χ2n) is 4.38. The van der Waals surface area contributed by atoms with Gasteiger partial charge in [-0.1, -0.05) is 0 Å². The fourth-order valence-corrected chi connectivity index (χ4v) is 2.11. The number of benzene rings is 1. The van der Waals surface area contributed by atoms with Crippen LogP contribution in [-0.4, -0.2) is 37.4 Å². The van der Waals surface area contributed by atoms with Gasteiger partial charge in [-0.2, -0.15) is 0 Å². The molecule has 5 heteroatoms. The molecule has 1 N–H and O–H groups in total. The Morgan fingerprint density at radius 1 is 1.44 bits per heavy atom. The Morgan fingerprint density at radius 3 is 2.67 bits per heavy atom. The number of aliphatic hydroxyl groups is 1. The fourth-order valence-electron chi connectivity index (χ4n) is 2.11. The number of halogens is 1. The molecule has 1 saturated heterocycles. The molecule has 1 fully saturated rings. The van der Waals surface area contributed by atoms with Gasteiger partial charge in [0.05, 0.1) is 24.5 Å². The van der Waals surface area contributed by atoms with Gasteiger partial charge in [0.15, 0.2) is 0 Å². The Bertz CT molecular complexity index is 442. The van der Waals surface area contributed by atoms with E-state index in [1.807, 2.05) is 4.90 Å². The molecule has 98 valence electrons. The molecule has 1 heterocycles. The van der Waals surface area contributed by atoms with Crippen LogP contribution in [0, 0.1) is 5.82 Å². The highest BCUT2D eigenvalue weighted by Gasteiger charge is 2.20. The number of esters is 1. The zero-order valence-electron chi connectivity index (χ0n) is 10.2. The summed E-state index contributed by atoms with van der Waals surface area (Å²) < 4.78 is 18.5. The van der Waals surface area contributed by atoms with Crippen molar-refractivity contribution in [3.63, 3.8) is 0 Å². The van der Waals surface area contributed by atoms with Crippen molar-refractivity contribution >= 4 is 11.7 Å². The molecule has 0 amide bonds. The zero-order valence-corrected chi connectivity index (χ0v) is 10.2. The van der Waals surface area contributed by atoms with Gasteiger partial charge in [0.25, 0.3) is 0 Å². The summed E-state index contributed by atoms with van der Waals surface area (Å²) in [5.41, 5.74) is 0.672. The standard InChI is InChI=1S/C13H16FNO3/c1-18-13(17)9-2-3-12(11(14)8-9)15-6-4-10(16)5-7-15/h2-3,8,10,16H,4-7H2,1H3. The fraction of sp³-hybridized carbons (Fsp3) is 0.462. The zero-order chi connectivity index (χ0) is 13.1. The van der Waals surface area contributed by atoms with Gasteiger partial charge in [-0.25, -0.2) is 9.18 Å². The highest BCUT2D eigenvalue weighted by molar-refractivity contribution is 5.89. The number of rotatable bonds is 2. The molecule has 0 unspecified atom stereocenters. The smallest absolute Gasteiger partial charge is 0.337 e. The second-order valence-corrected chi connectivity index (χ2v) is 4.38. The normalized spacial score (nSPS) is 16.7. The van der Waals surface area contributed by atoms with Gasteiger partial charge in [0, 0.05) is 13.1 Å². The lowest BCUT2D eigenvalue weighted by atomic mass is 10.1. The molecule has 1 aliphatic rings. The lowest BCUT2D eigenvalue weighted by Crippen LogP contribution is -2.36. The second kappa shape index (κ2) is 5.35. The van der Waals surface area contributed by atoms with E-state index in [1.165, 1.54) is 13.2 Å². The van der Waals surface area contributed by atoms with Crippen molar-refractivity contribution in [1.29, 1.82) is 0 Å². The third-order valence-corrected chi connectivity index (χ3v) is 3.17. The summed E-state index contributed by atoms with van der Waals surface area (Å²) in [5.74, 6) is -0.983. The summed E-state index contributed by atoms with van der Waals surface area (Å²) in [7, 11) is 1.26. The molecule has 2 rings (SSSR count). The summed E-state index contributed by atoms with van der Waals surface area (Å²) in [6.45, 7) is 1.24. The van der Waals surface area contributed by atoms with E-state index in [0.717, 1.165) is 0 Å². The van der Waals surface area contributed by atoms with Gasteiger partial charge in [0.2, 0.25) is 0 Å². The summed E-state index contributed by atoms with van der Waals surface area (Å²) in [6.07, 6.45) is 0.981. The SMILES string of the molecule is COC(=O)c1ccc(N2CCC(O)CC2)c(F)c1. The predicted octanol–water partition coefficient (Wildman–Crippen LogP) is 1.57. The van der Waals surface area contributed by atoms with Crippen molar-refractivity contribution in [3.8, 4) is 0 Å². The predicted molar refractivity (Wildman–Crippen MR) is 65.2 cm³/mol. The molecule has 0 aliphatic carbocycles. The molecular weight excluding hydrogens is 237 g/mol. The van der Waals surface area contributed by atoms with Crippen LogP contribution >= 0.6 is 0 Å². The van der Waals surface area contributed by atoms with Crippen molar-refractivity contribution < 1.29 is 19.0 Å². The number of piperidine rings is 1. The van der Waals surface area contributed by atoms with Crippen molar-refractivity contribution in [1.82, 2.24) is 0 Å². The first-order valence-corrected chi connectivity index (χ1v) is 5.92. The van der Waals surface area contributed by atoms with E-state index in [0.29, 0.717) is 31.6 Å². The van der Waals surface area contributed by atoms with E-state index < -0.39 is 11.8 Å². The monoisotopic (exact) mass is 253 g/mol. The molecule has 4 nitrogen and oxygen atoms in total. The molecule has 0 aromatic heterocycles. The molecule has 1 aromatic carbocycles. The number of carbonyl (C=O) groups is 1. The Balaban J connectivity index is 2.17. The van der Waals surface area contributed by atoms with Gasteiger partial charge in [0.1, 0.15) is 5.82 Å². The van der Waals surface area contributed by atoms with E-state index in [-0.39, 0.29) is 11.7 Å². The quantitative estimate of drug-likeness (QED) is 0.813. The minimum Gasteiger partial charge on any atom is -0.465 e. The summed E-state index contributed by atoms with van der Waals surface area (Å²) >= 11 is 0. The van der Waals surface area contributed by atoms with Crippen molar-refractivity contribution in [2.75, 3.05) is 25.1 Å². The first-order chi connectivity index (χ1) is 8.61. The molecular formula is C13H16FNO3. The first-order valence-electron chi connectivity index (χ1n) is 5.92. The van der Waals surface area contributed by atoms with E-state index in [9.17, 15) is 14.3 Å². The molecule has 1 aliphatic heterocycles. The third-order valence-electron chi connectivity index (χ3n) is 3.17. The van der Waals surface area contributed by atoms with Gasteiger partial charge in [-0.05, 0) is 31.0 Å². The highest BCUT2D eigenvalue weighted by atomic mass is 19.1. The number of nitrogens with zero attached hydrogens (tertiary/aromatic N) is 1. The number of hydrogen-bond acceptors (Lipinski definition) is 4. The lowest BCUT2D eigenvalue weighted by molar-refractivity contribution is 0.0600. The maximum absolute atomic E-state index is 13.9. The van der Waals surface area contributed by atoms with Crippen LogP contribution in [0.5, 0.6) is 0 Å². The number of ether oxygens (including phenoxy) is 1. The maximum Gasteiger partial charge on any atom is 0.337 e. The summed E-state index contributed by atoms with van der Waals surface area (Å²) in [6, 6.07) is 4.32. The molecule has 18 heavy (non-hydrogen) atoms.